The Kier molecular flexibility index (Phi) is 5.96. The number of rotatable bonds is 4. The molecule has 162 valence electrons. The van der Waals surface area contributed by atoms with Crippen LogP contribution in [0.1, 0.15) is 22.7 Å². The average Bonchev–Trinajstić information content (AvgIpc) is 3.05. The number of aryl methyl sites for hydroxylation is 1. The van der Waals surface area contributed by atoms with Crippen LogP contribution < -0.4 is 9.64 Å². The summed E-state index contributed by atoms with van der Waals surface area (Å²) in [5, 5.41) is 11.7. The summed E-state index contributed by atoms with van der Waals surface area (Å²) in [6.45, 7) is 1.90. The monoisotopic (exact) mass is 467 g/mol. The van der Waals surface area contributed by atoms with Crippen molar-refractivity contribution in [2.75, 3.05) is 12.0 Å². The van der Waals surface area contributed by atoms with Crippen LogP contribution in [0.3, 0.4) is 0 Å². The van der Waals surface area contributed by atoms with Crippen molar-refractivity contribution in [3.05, 3.63) is 99.0 Å². The zero-order valence-electron chi connectivity index (χ0n) is 17.3. The number of aliphatic hydroxyl groups excluding tert-OH is 1. The van der Waals surface area contributed by atoms with Crippen molar-refractivity contribution in [2.24, 2.45) is 0 Å². The number of hydrogen-bond acceptors (Lipinski definition) is 4. The molecule has 4 rings (SSSR count). The predicted octanol–water partition coefficient (Wildman–Crippen LogP) is 5.94. The number of nitrogens with zero attached hydrogens (tertiary/aromatic N) is 1. The maximum Gasteiger partial charge on any atom is 0.300 e. The van der Waals surface area contributed by atoms with Crippen LogP contribution in [0.2, 0.25) is 10.0 Å². The molecule has 0 aliphatic carbocycles. The minimum Gasteiger partial charge on any atom is -0.507 e. The van der Waals surface area contributed by atoms with Gasteiger partial charge in [0.25, 0.3) is 11.7 Å². The molecule has 1 aliphatic heterocycles. The number of carbonyl (C=O) groups is 2. The van der Waals surface area contributed by atoms with Crippen LogP contribution >= 0.6 is 23.2 Å². The van der Waals surface area contributed by atoms with Gasteiger partial charge in [0.2, 0.25) is 0 Å². The van der Waals surface area contributed by atoms with Gasteiger partial charge >= 0.3 is 0 Å². The van der Waals surface area contributed by atoms with Gasteiger partial charge in [0.1, 0.15) is 11.5 Å². The zero-order chi connectivity index (χ0) is 23.0. The van der Waals surface area contributed by atoms with E-state index in [0.29, 0.717) is 22.0 Å². The van der Waals surface area contributed by atoms with Gasteiger partial charge in [-0.3, -0.25) is 14.5 Å². The number of carbonyl (C=O) groups excluding carboxylic acids is 2. The topological polar surface area (TPSA) is 66.8 Å². The number of benzene rings is 3. The van der Waals surface area contributed by atoms with Crippen molar-refractivity contribution in [1.82, 2.24) is 0 Å². The summed E-state index contributed by atoms with van der Waals surface area (Å²) in [7, 11) is 1.51. The molecule has 7 heteroatoms. The molecule has 0 spiro atoms. The number of ketones is 1. The van der Waals surface area contributed by atoms with Crippen molar-refractivity contribution in [2.45, 2.75) is 13.0 Å². The van der Waals surface area contributed by atoms with Gasteiger partial charge in [-0.2, -0.15) is 0 Å². The molecule has 0 radical (unpaired) electrons. The van der Waals surface area contributed by atoms with E-state index in [2.05, 4.69) is 0 Å². The van der Waals surface area contributed by atoms with E-state index in [0.717, 1.165) is 5.56 Å². The quantitative estimate of drug-likeness (QED) is 0.293. The second-order valence-corrected chi connectivity index (χ2v) is 8.19. The molecule has 1 N–H and O–H groups in total. The Bertz CT molecular complexity index is 1270. The highest BCUT2D eigenvalue weighted by Gasteiger charge is 2.47. The highest BCUT2D eigenvalue weighted by atomic mass is 35.5. The van der Waals surface area contributed by atoms with Gasteiger partial charge in [-0.15, -0.1) is 0 Å². The first-order chi connectivity index (χ1) is 15.3. The number of para-hydroxylation sites is 1. The van der Waals surface area contributed by atoms with Crippen LogP contribution in [0.4, 0.5) is 5.69 Å². The van der Waals surface area contributed by atoms with E-state index in [1.165, 1.54) is 24.1 Å². The molecule has 1 saturated heterocycles. The van der Waals surface area contributed by atoms with E-state index in [1.807, 2.05) is 25.1 Å². The fourth-order valence-corrected chi connectivity index (χ4v) is 4.16. The molecule has 0 aromatic heterocycles. The Hall–Kier alpha value is -3.28. The van der Waals surface area contributed by atoms with Gasteiger partial charge in [0, 0.05) is 16.8 Å². The van der Waals surface area contributed by atoms with E-state index < -0.39 is 17.7 Å². The minimum absolute atomic E-state index is 0.0561. The smallest absolute Gasteiger partial charge is 0.300 e. The molecule has 1 unspecified atom stereocenters. The number of Topliss-reactive ketones (excluding diaryl/α,β-unsaturated/α-hetero) is 1. The lowest BCUT2D eigenvalue weighted by molar-refractivity contribution is -0.132. The fraction of sp³-hybridized carbons (Fsp3) is 0.120. The van der Waals surface area contributed by atoms with Gasteiger partial charge in [-0.25, -0.2) is 0 Å². The lowest BCUT2D eigenvalue weighted by Crippen LogP contribution is -2.29. The second-order valence-electron chi connectivity index (χ2n) is 7.38. The molecule has 1 aliphatic rings. The Morgan fingerprint density at radius 3 is 2.41 bits per heavy atom. The van der Waals surface area contributed by atoms with Gasteiger partial charge < -0.3 is 9.84 Å². The molecule has 1 heterocycles. The van der Waals surface area contributed by atoms with E-state index in [1.54, 1.807) is 36.4 Å². The van der Waals surface area contributed by atoms with E-state index in [-0.39, 0.29) is 21.9 Å². The number of hydrogen-bond donors (Lipinski definition) is 1. The summed E-state index contributed by atoms with van der Waals surface area (Å²) in [4.78, 5) is 27.8. The molecule has 1 amide bonds. The van der Waals surface area contributed by atoms with Crippen molar-refractivity contribution < 1.29 is 19.4 Å². The van der Waals surface area contributed by atoms with Crippen molar-refractivity contribution >= 4 is 46.3 Å². The first-order valence-electron chi connectivity index (χ1n) is 9.79. The lowest BCUT2D eigenvalue weighted by Gasteiger charge is -2.27. The maximum absolute atomic E-state index is 13.2. The third kappa shape index (κ3) is 3.74. The number of anilines is 1. The summed E-state index contributed by atoms with van der Waals surface area (Å²) in [6.07, 6.45) is 0. The summed E-state index contributed by atoms with van der Waals surface area (Å²) in [6, 6.07) is 18.0. The Labute approximate surface area is 195 Å². The number of methoxy groups -OCH3 is 1. The summed E-state index contributed by atoms with van der Waals surface area (Å²) >= 11 is 12.1. The van der Waals surface area contributed by atoms with E-state index in [4.69, 9.17) is 27.9 Å². The summed E-state index contributed by atoms with van der Waals surface area (Å²) < 4.78 is 5.51. The molecule has 1 fully saturated rings. The predicted molar refractivity (Wildman–Crippen MR) is 125 cm³/mol. The second kappa shape index (κ2) is 8.69. The number of ether oxygens (including phenoxy) is 1. The first kappa shape index (κ1) is 21.9. The van der Waals surface area contributed by atoms with Crippen molar-refractivity contribution in [3.8, 4) is 5.75 Å². The maximum atomic E-state index is 13.2. The Balaban J connectivity index is 2.00. The highest BCUT2D eigenvalue weighted by Crippen LogP contribution is 2.45. The van der Waals surface area contributed by atoms with E-state index in [9.17, 15) is 14.7 Å². The lowest BCUT2D eigenvalue weighted by atomic mass is 9.94. The zero-order valence-corrected chi connectivity index (χ0v) is 18.8. The summed E-state index contributed by atoms with van der Waals surface area (Å²) in [5.74, 6) is -1.40. The summed E-state index contributed by atoms with van der Waals surface area (Å²) in [5.41, 5.74) is 2.25. The van der Waals surface area contributed by atoms with Gasteiger partial charge in [-0.1, -0.05) is 53.5 Å². The minimum atomic E-state index is -0.901. The third-order valence-corrected chi connectivity index (χ3v) is 6.09. The molecule has 32 heavy (non-hydrogen) atoms. The SMILES string of the molecule is COc1ccccc1C1/C(=C(\O)c2ccc(Cl)c(Cl)c2)C(=O)C(=O)N1c1cccc(C)c1. The van der Waals surface area contributed by atoms with Crippen molar-refractivity contribution in [3.63, 3.8) is 0 Å². The first-order valence-corrected chi connectivity index (χ1v) is 10.5. The molecule has 0 bridgehead atoms. The Morgan fingerprint density at radius 2 is 1.72 bits per heavy atom. The molecule has 0 saturated carbocycles. The van der Waals surface area contributed by atoms with Crippen LogP contribution in [-0.2, 0) is 9.59 Å². The normalized spacial score (nSPS) is 17.6. The van der Waals surface area contributed by atoms with Gasteiger partial charge in [0.05, 0.1) is 28.8 Å². The molecule has 5 nitrogen and oxygen atoms in total. The van der Waals surface area contributed by atoms with Crippen LogP contribution in [0.5, 0.6) is 5.75 Å². The third-order valence-electron chi connectivity index (χ3n) is 5.35. The van der Waals surface area contributed by atoms with Crippen LogP contribution in [0, 0.1) is 6.92 Å². The van der Waals surface area contributed by atoms with E-state index >= 15 is 0 Å². The van der Waals surface area contributed by atoms with Gasteiger partial charge in [0.15, 0.2) is 0 Å². The standard InChI is InChI=1S/C25H19Cl2NO4/c1-14-6-5-7-16(12-14)28-22(17-8-3-4-9-20(17)32-2)21(24(30)25(28)31)23(29)15-10-11-18(26)19(27)13-15/h3-13,22,29H,1-2H3/b23-21+. The fourth-order valence-electron chi connectivity index (χ4n) is 3.86. The van der Waals surface area contributed by atoms with Crippen LogP contribution in [-0.4, -0.2) is 23.9 Å². The van der Waals surface area contributed by atoms with Crippen molar-refractivity contribution in [1.29, 1.82) is 0 Å². The number of aliphatic hydroxyl groups is 1. The molecular weight excluding hydrogens is 449 g/mol. The van der Waals surface area contributed by atoms with Gasteiger partial charge in [-0.05, 0) is 48.9 Å². The highest BCUT2D eigenvalue weighted by molar-refractivity contribution is 6.52. The number of halogens is 2. The Morgan fingerprint density at radius 1 is 0.969 bits per heavy atom. The average molecular weight is 468 g/mol. The largest absolute Gasteiger partial charge is 0.507 e. The molecule has 3 aromatic rings. The number of amides is 1. The molecule has 3 aromatic carbocycles. The molecule has 1 atom stereocenters. The molecular formula is C25H19Cl2NO4. The van der Waals surface area contributed by atoms with Crippen LogP contribution in [0.15, 0.2) is 72.3 Å². The van der Waals surface area contributed by atoms with Crippen LogP contribution in [0.25, 0.3) is 5.76 Å².